The number of benzene rings is 1. The van der Waals surface area contributed by atoms with Crippen molar-refractivity contribution in [2.24, 2.45) is 0 Å². The Morgan fingerprint density at radius 1 is 1.54 bits per heavy atom. The Bertz CT molecular complexity index is 301. The molecule has 2 nitrogen and oxygen atoms in total. The second-order valence-electron chi connectivity index (χ2n) is 2.37. The fourth-order valence-corrected chi connectivity index (χ4v) is 0.928. The van der Waals surface area contributed by atoms with Gasteiger partial charge in [-0.2, -0.15) is 12.6 Å². The summed E-state index contributed by atoms with van der Waals surface area (Å²) in [6, 6.07) is 5.38. The van der Waals surface area contributed by atoms with Crippen LogP contribution in [-0.2, 0) is 4.74 Å². The molecular formula is C9H9FO2S. The first-order valence-electron chi connectivity index (χ1n) is 3.77. The maximum atomic E-state index is 12.6. The van der Waals surface area contributed by atoms with Crippen molar-refractivity contribution in [3.05, 3.63) is 35.6 Å². The highest BCUT2D eigenvalue weighted by Crippen LogP contribution is 2.04. The highest BCUT2D eigenvalue weighted by molar-refractivity contribution is 7.80. The van der Waals surface area contributed by atoms with E-state index in [0.717, 1.165) is 6.07 Å². The molecule has 0 fully saturated rings. The summed E-state index contributed by atoms with van der Waals surface area (Å²) >= 11 is 3.88. The molecule has 0 saturated carbocycles. The Morgan fingerprint density at radius 3 is 2.92 bits per heavy atom. The SMILES string of the molecule is O=C(OCCS)c1cccc(F)c1. The normalized spacial score (nSPS) is 9.69. The second-order valence-corrected chi connectivity index (χ2v) is 2.82. The minimum atomic E-state index is -0.520. The van der Waals surface area contributed by atoms with Crippen LogP contribution >= 0.6 is 12.6 Å². The number of hydrogen-bond acceptors (Lipinski definition) is 3. The van der Waals surface area contributed by atoms with Gasteiger partial charge in [-0.3, -0.25) is 0 Å². The third-order valence-corrected chi connectivity index (χ3v) is 1.57. The summed E-state index contributed by atoms with van der Waals surface area (Å²) in [6.07, 6.45) is 0. The summed E-state index contributed by atoms with van der Waals surface area (Å²) in [5.74, 6) is -0.505. The number of halogens is 1. The molecule has 0 amide bonds. The monoisotopic (exact) mass is 200 g/mol. The Balaban J connectivity index is 2.66. The molecule has 0 spiro atoms. The molecule has 0 unspecified atom stereocenters. The van der Waals surface area contributed by atoms with Gasteiger partial charge < -0.3 is 4.74 Å². The van der Waals surface area contributed by atoms with Crippen molar-refractivity contribution in [2.75, 3.05) is 12.4 Å². The molecule has 1 rings (SSSR count). The Labute approximate surface area is 81.1 Å². The van der Waals surface area contributed by atoms with E-state index in [0.29, 0.717) is 5.75 Å². The van der Waals surface area contributed by atoms with Crippen LogP contribution < -0.4 is 0 Å². The molecule has 0 aliphatic rings. The summed E-state index contributed by atoms with van der Waals surface area (Å²) in [4.78, 5) is 11.1. The number of carbonyl (C=O) groups excluding carboxylic acids is 1. The predicted molar refractivity (Wildman–Crippen MR) is 50.5 cm³/mol. The molecule has 0 aromatic heterocycles. The first-order valence-corrected chi connectivity index (χ1v) is 4.41. The van der Waals surface area contributed by atoms with E-state index in [1.54, 1.807) is 0 Å². The van der Waals surface area contributed by atoms with Crippen LogP contribution in [0.15, 0.2) is 24.3 Å². The van der Waals surface area contributed by atoms with Crippen molar-refractivity contribution >= 4 is 18.6 Å². The molecule has 13 heavy (non-hydrogen) atoms. The van der Waals surface area contributed by atoms with E-state index < -0.39 is 11.8 Å². The molecule has 0 aliphatic carbocycles. The summed E-state index contributed by atoms with van der Waals surface area (Å²) in [5, 5.41) is 0. The number of ether oxygens (including phenoxy) is 1. The fourth-order valence-electron chi connectivity index (χ4n) is 0.837. The number of carbonyl (C=O) groups is 1. The Kier molecular flexibility index (Phi) is 3.76. The lowest BCUT2D eigenvalue weighted by atomic mass is 10.2. The van der Waals surface area contributed by atoms with Crippen LogP contribution in [0.4, 0.5) is 4.39 Å². The largest absolute Gasteiger partial charge is 0.461 e. The Hall–Kier alpha value is -1.03. The molecule has 0 aliphatic heterocycles. The van der Waals surface area contributed by atoms with Gasteiger partial charge in [0.15, 0.2) is 0 Å². The number of rotatable bonds is 3. The van der Waals surface area contributed by atoms with E-state index in [4.69, 9.17) is 4.74 Å². The van der Waals surface area contributed by atoms with Gasteiger partial charge in [0.2, 0.25) is 0 Å². The molecule has 0 heterocycles. The number of thiol groups is 1. The van der Waals surface area contributed by atoms with Crippen LogP contribution in [0.1, 0.15) is 10.4 Å². The quantitative estimate of drug-likeness (QED) is 0.596. The summed E-state index contributed by atoms with van der Waals surface area (Å²) in [6.45, 7) is 0.235. The van der Waals surface area contributed by atoms with E-state index in [-0.39, 0.29) is 12.2 Å². The van der Waals surface area contributed by atoms with E-state index >= 15 is 0 Å². The first-order chi connectivity index (χ1) is 6.24. The molecule has 0 bridgehead atoms. The zero-order chi connectivity index (χ0) is 9.68. The van der Waals surface area contributed by atoms with Gasteiger partial charge in [0.25, 0.3) is 0 Å². The van der Waals surface area contributed by atoms with Gasteiger partial charge in [-0.05, 0) is 18.2 Å². The third kappa shape index (κ3) is 3.06. The lowest BCUT2D eigenvalue weighted by Crippen LogP contribution is -2.07. The first kappa shape index (κ1) is 10.1. The average molecular weight is 200 g/mol. The maximum Gasteiger partial charge on any atom is 0.338 e. The van der Waals surface area contributed by atoms with Crippen molar-refractivity contribution in [1.29, 1.82) is 0 Å². The number of esters is 1. The summed E-state index contributed by atoms with van der Waals surface area (Å²) in [7, 11) is 0. The van der Waals surface area contributed by atoms with Gasteiger partial charge in [0.1, 0.15) is 12.4 Å². The standard InChI is InChI=1S/C9H9FO2S/c10-8-3-1-2-7(6-8)9(11)12-4-5-13/h1-3,6,13H,4-5H2. The molecule has 1 aromatic rings. The molecule has 0 radical (unpaired) electrons. The zero-order valence-corrected chi connectivity index (χ0v) is 7.76. The molecule has 0 N–H and O–H groups in total. The van der Waals surface area contributed by atoms with Gasteiger partial charge in [-0.25, -0.2) is 9.18 Å². The van der Waals surface area contributed by atoms with E-state index in [9.17, 15) is 9.18 Å². The van der Waals surface area contributed by atoms with Crippen LogP contribution in [0, 0.1) is 5.82 Å². The minimum absolute atomic E-state index is 0.224. The molecule has 0 saturated heterocycles. The molecule has 1 aromatic carbocycles. The lowest BCUT2D eigenvalue weighted by Gasteiger charge is -2.01. The average Bonchev–Trinajstić information content (AvgIpc) is 2.14. The molecule has 4 heteroatoms. The highest BCUT2D eigenvalue weighted by atomic mass is 32.1. The smallest absolute Gasteiger partial charge is 0.338 e. The molecule has 0 atom stereocenters. The van der Waals surface area contributed by atoms with Crippen molar-refractivity contribution in [2.45, 2.75) is 0 Å². The van der Waals surface area contributed by atoms with E-state index in [1.165, 1.54) is 18.2 Å². The van der Waals surface area contributed by atoms with Gasteiger partial charge in [-0.1, -0.05) is 6.07 Å². The minimum Gasteiger partial charge on any atom is -0.461 e. The second kappa shape index (κ2) is 4.87. The van der Waals surface area contributed by atoms with Gasteiger partial charge in [-0.15, -0.1) is 0 Å². The van der Waals surface area contributed by atoms with E-state index in [1.807, 2.05) is 0 Å². The highest BCUT2D eigenvalue weighted by Gasteiger charge is 2.06. The predicted octanol–water partition coefficient (Wildman–Crippen LogP) is 1.91. The maximum absolute atomic E-state index is 12.6. The van der Waals surface area contributed by atoms with Crippen LogP contribution in [-0.4, -0.2) is 18.3 Å². The van der Waals surface area contributed by atoms with Gasteiger partial charge >= 0.3 is 5.97 Å². The van der Waals surface area contributed by atoms with Crippen molar-refractivity contribution in [3.63, 3.8) is 0 Å². The van der Waals surface area contributed by atoms with Crippen LogP contribution in [0.5, 0.6) is 0 Å². The van der Waals surface area contributed by atoms with Crippen LogP contribution in [0.25, 0.3) is 0 Å². The topological polar surface area (TPSA) is 26.3 Å². The summed E-state index contributed by atoms with van der Waals surface area (Å²) in [5.41, 5.74) is 0.224. The molecule has 70 valence electrons. The fraction of sp³-hybridized carbons (Fsp3) is 0.222. The van der Waals surface area contributed by atoms with Gasteiger partial charge in [0, 0.05) is 5.75 Å². The zero-order valence-electron chi connectivity index (χ0n) is 6.87. The van der Waals surface area contributed by atoms with Crippen LogP contribution in [0.3, 0.4) is 0 Å². The molecular weight excluding hydrogens is 191 g/mol. The van der Waals surface area contributed by atoms with Gasteiger partial charge in [0.05, 0.1) is 5.56 Å². The summed E-state index contributed by atoms with van der Waals surface area (Å²) < 4.78 is 17.4. The van der Waals surface area contributed by atoms with E-state index in [2.05, 4.69) is 12.6 Å². The van der Waals surface area contributed by atoms with Crippen molar-refractivity contribution in [1.82, 2.24) is 0 Å². The van der Waals surface area contributed by atoms with Crippen molar-refractivity contribution in [3.8, 4) is 0 Å². The number of hydrogen-bond donors (Lipinski definition) is 1. The lowest BCUT2D eigenvalue weighted by molar-refractivity contribution is 0.0530. The van der Waals surface area contributed by atoms with Crippen molar-refractivity contribution < 1.29 is 13.9 Å². The Morgan fingerprint density at radius 2 is 2.31 bits per heavy atom. The van der Waals surface area contributed by atoms with Crippen LogP contribution in [0.2, 0.25) is 0 Å². The third-order valence-electron chi connectivity index (χ3n) is 1.38.